The molecule has 20 heavy (non-hydrogen) atoms. The molecule has 108 valence electrons. The van der Waals surface area contributed by atoms with Gasteiger partial charge in [-0.3, -0.25) is 4.79 Å². The first-order chi connectivity index (χ1) is 9.45. The van der Waals surface area contributed by atoms with Crippen molar-refractivity contribution in [2.75, 3.05) is 18.4 Å². The van der Waals surface area contributed by atoms with Gasteiger partial charge >= 0.3 is 12.0 Å². The number of aliphatic carboxylic acids is 1. The molecule has 0 atom stereocenters. The third kappa shape index (κ3) is 3.84. The van der Waals surface area contributed by atoms with Crippen molar-refractivity contribution in [2.24, 2.45) is 5.92 Å². The van der Waals surface area contributed by atoms with Crippen LogP contribution >= 0.6 is 22.6 Å². The number of hydrogen-bond acceptors (Lipinski definition) is 2. The quantitative estimate of drug-likeness (QED) is 0.766. The Kier molecular flexibility index (Phi) is 4.85. The summed E-state index contributed by atoms with van der Waals surface area (Å²) < 4.78 is 1.07. The largest absolute Gasteiger partial charge is 0.481 e. The molecule has 0 aromatic heterocycles. The van der Waals surface area contributed by atoms with Gasteiger partial charge in [0.2, 0.25) is 0 Å². The number of carboxylic acid groups (broad SMARTS) is 1. The predicted octanol–water partition coefficient (Wildman–Crippen LogP) is 2.93. The van der Waals surface area contributed by atoms with Gasteiger partial charge in [-0.2, -0.15) is 0 Å². The summed E-state index contributed by atoms with van der Waals surface area (Å²) in [6.45, 7) is 2.97. The molecule has 0 unspecified atom stereocenters. The summed E-state index contributed by atoms with van der Waals surface area (Å²) in [5.74, 6) is -1.09. The lowest BCUT2D eigenvalue weighted by atomic mass is 9.97. The molecule has 2 N–H and O–H groups in total. The molecule has 1 saturated heterocycles. The van der Waals surface area contributed by atoms with E-state index in [9.17, 15) is 9.59 Å². The highest BCUT2D eigenvalue weighted by Gasteiger charge is 2.26. The molecule has 0 saturated carbocycles. The first kappa shape index (κ1) is 15.1. The number of nitrogens with zero attached hydrogens (tertiary/aromatic N) is 1. The van der Waals surface area contributed by atoms with Crippen molar-refractivity contribution in [2.45, 2.75) is 19.8 Å². The molecule has 1 heterocycles. The van der Waals surface area contributed by atoms with E-state index in [0.717, 1.165) is 14.8 Å². The molecule has 1 aromatic carbocycles. The molecule has 6 heteroatoms. The van der Waals surface area contributed by atoms with Crippen molar-refractivity contribution in [3.05, 3.63) is 27.3 Å². The number of hydrogen-bond donors (Lipinski definition) is 2. The van der Waals surface area contributed by atoms with Crippen molar-refractivity contribution in [3.8, 4) is 0 Å². The van der Waals surface area contributed by atoms with E-state index >= 15 is 0 Å². The van der Waals surface area contributed by atoms with Gasteiger partial charge in [-0.25, -0.2) is 4.79 Å². The number of carbonyl (C=O) groups is 2. The van der Waals surface area contributed by atoms with E-state index in [0.29, 0.717) is 25.9 Å². The van der Waals surface area contributed by atoms with Crippen molar-refractivity contribution in [3.63, 3.8) is 0 Å². The Morgan fingerprint density at radius 3 is 2.50 bits per heavy atom. The Labute approximate surface area is 131 Å². The van der Waals surface area contributed by atoms with Crippen LogP contribution in [0.5, 0.6) is 0 Å². The Hall–Kier alpha value is -1.31. The number of amides is 2. The van der Waals surface area contributed by atoms with Crippen LogP contribution in [0, 0.1) is 16.4 Å². The minimum absolute atomic E-state index is 0.157. The first-order valence-corrected chi connectivity index (χ1v) is 7.59. The molecular formula is C14H17IN2O3. The van der Waals surface area contributed by atoms with Crippen LogP contribution in [0.15, 0.2) is 18.2 Å². The molecule has 2 rings (SSSR count). The third-order valence-electron chi connectivity index (χ3n) is 3.42. The van der Waals surface area contributed by atoms with Crippen molar-refractivity contribution in [1.82, 2.24) is 4.90 Å². The monoisotopic (exact) mass is 388 g/mol. The van der Waals surface area contributed by atoms with E-state index in [1.165, 1.54) is 0 Å². The SMILES string of the molecule is Cc1cc(I)cc(NC(=O)N2CCC(C(=O)O)CC2)c1. The molecular weight excluding hydrogens is 371 g/mol. The summed E-state index contributed by atoms with van der Waals surface area (Å²) in [7, 11) is 0. The van der Waals surface area contributed by atoms with Crippen LogP contribution in [0.3, 0.4) is 0 Å². The van der Waals surface area contributed by atoms with Gasteiger partial charge in [0.25, 0.3) is 0 Å². The van der Waals surface area contributed by atoms with Crippen LogP contribution in [0.2, 0.25) is 0 Å². The Bertz CT molecular complexity index is 505. The van der Waals surface area contributed by atoms with E-state index < -0.39 is 5.97 Å². The lowest BCUT2D eigenvalue weighted by molar-refractivity contribution is -0.143. The molecule has 1 aromatic rings. The number of piperidine rings is 1. The Morgan fingerprint density at radius 1 is 1.30 bits per heavy atom. The smallest absolute Gasteiger partial charge is 0.321 e. The van der Waals surface area contributed by atoms with Gasteiger partial charge in [-0.15, -0.1) is 0 Å². The fourth-order valence-corrected chi connectivity index (χ4v) is 3.17. The van der Waals surface area contributed by atoms with E-state index in [1.54, 1.807) is 4.90 Å². The summed E-state index contributed by atoms with van der Waals surface area (Å²) >= 11 is 2.21. The highest BCUT2D eigenvalue weighted by molar-refractivity contribution is 14.1. The second kappa shape index (κ2) is 6.43. The highest BCUT2D eigenvalue weighted by Crippen LogP contribution is 2.20. The topological polar surface area (TPSA) is 69.6 Å². The van der Waals surface area contributed by atoms with E-state index in [4.69, 9.17) is 5.11 Å². The van der Waals surface area contributed by atoms with Gasteiger partial charge in [0.1, 0.15) is 0 Å². The average Bonchev–Trinajstić information content (AvgIpc) is 2.37. The van der Waals surface area contributed by atoms with E-state index in [2.05, 4.69) is 27.9 Å². The molecule has 0 radical (unpaired) electrons. The number of urea groups is 1. The summed E-state index contributed by atoms with van der Waals surface area (Å²) in [5, 5.41) is 11.8. The molecule has 1 fully saturated rings. The maximum Gasteiger partial charge on any atom is 0.321 e. The number of benzene rings is 1. The predicted molar refractivity (Wildman–Crippen MR) is 84.8 cm³/mol. The van der Waals surface area contributed by atoms with Gasteiger partial charge in [-0.1, -0.05) is 0 Å². The van der Waals surface area contributed by atoms with Crippen molar-refractivity contribution < 1.29 is 14.7 Å². The number of halogens is 1. The maximum absolute atomic E-state index is 12.1. The second-order valence-corrected chi connectivity index (χ2v) is 6.29. The number of carbonyl (C=O) groups excluding carboxylic acids is 1. The van der Waals surface area contributed by atoms with E-state index in [1.807, 2.05) is 25.1 Å². The van der Waals surface area contributed by atoms with E-state index in [-0.39, 0.29) is 11.9 Å². The highest BCUT2D eigenvalue weighted by atomic mass is 127. The van der Waals surface area contributed by atoms with Gasteiger partial charge in [0, 0.05) is 22.3 Å². The van der Waals surface area contributed by atoms with Gasteiger partial charge in [-0.05, 0) is 66.1 Å². The van der Waals surface area contributed by atoms with Gasteiger partial charge < -0.3 is 15.3 Å². The third-order valence-corrected chi connectivity index (χ3v) is 4.05. The number of rotatable bonds is 2. The molecule has 2 amide bonds. The Balaban J connectivity index is 1.94. The van der Waals surface area contributed by atoms with Crippen LogP contribution in [0.4, 0.5) is 10.5 Å². The fourth-order valence-electron chi connectivity index (χ4n) is 2.34. The zero-order chi connectivity index (χ0) is 14.7. The molecule has 1 aliphatic heterocycles. The number of nitrogens with one attached hydrogen (secondary N) is 1. The molecule has 0 spiro atoms. The van der Waals surface area contributed by atoms with Crippen LogP contribution < -0.4 is 5.32 Å². The number of likely N-dealkylation sites (tertiary alicyclic amines) is 1. The number of aryl methyl sites for hydroxylation is 1. The average molecular weight is 388 g/mol. The first-order valence-electron chi connectivity index (χ1n) is 6.51. The molecule has 5 nitrogen and oxygen atoms in total. The standard InChI is InChI=1S/C14H17IN2O3/c1-9-6-11(15)8-12(7-9)16-14(20)17-4-2-10(3-5-17)13(18)19/h6-8,10H,2-5H2,1H3,(H,16,20)(H,18,19). The molecule has 0 bridgehead atoms. The van der Waals surface area contributed by atoms with Crippen LogP contribution in [-0.4, -0.2) is 35.1 Å². The molecule has 1 aliphatic rings. The molecule has 0 aliphatic carbocycles. The lowest BCUT2D eigenvalue weighted by Crippen LogP contribution is -2.42. The van der Waals surface area contributed by atoms with Crippen LogP contribution in [0.1, 0.15) is 18.4 Å². The van der Waals surface area contributed by atoms with Crippen LogP contribution in [-0.2, 0) is 4.79 Å². The van der Waals surface area contributed by atoms with Gasteiger partial charge in [0.15, 0.2) is 0 Å². The zero-order valence-corrected chi connectivity index (χ0v) is 13.4. The summed E-state index contributed by atoms with van der Waals surface area (Å²) in [6, 6.07) is 5.71. The zero-order valence-electron chi connectivity index (χ0n) is 11.2. The Morgan fingerprint density at radius 2 is 1.95 bits per heavy atom. The normalized spacial score (nSPS) is 16.0. The number of anilines is 1. The maximum atomic E-state index is 12.1. The second-order valence-electron chi connectivity index (χ2n) is 5.05. The summed E-state index contributed by atoms with van der Waals surface area (Å²) in [6.07, 6.45) is 1.04. The lowest BCUT2D eigenvalue weighted by Gasteiger charge is -2.30. The minimum atomic E-state index is -0.765. The fraction of sp³-hybridized carbons (Fsp3) is 0.429. The van der Waals surface area contributed by atoms with Crippen molar-refractivity contribution >= 4 is 40.3 Å². The van der Waals surface area contributed by atoms with Crippen LogP contribution in [0.25, 0.3) is 0 Å². The minimum Gasteiger partial charge on any atom is -0.481 e. The summed E-state index contributed by atoms with van der Waals surface area (Å²) in [4.78, 5) is 24.7. The number of carboxylic acids is 1. The van der Waals surface area contributed by atoms with Crippen molar-refractivity contribution in [1.29, 1.82) is 0 Å². The summed E-state index contributed by atoms with van der Waals surface area (Å²) in [5.41, 5.74) is 1.87. The van der Waals surface area contributed by atoms with Gasteiger partial charge in [0.05, 0.1) is 5.92 Å².